The summed E-state index contributed by atoms with van der Waals surface area (Å²) in [7, 11) is 1.92. The molecule has 16 heavy (non-hydrogen) atoms. The van der Waals surface area contributed by atoms with Gasteiger partial charge in [-0.3, -0.25) is 9.69 Å². The van der Waals surface area contributed by atoms with Crippen molar-refractivity contribution in [2.24, 2.45) is 0 Å². The van der Waals surface area contributed by atoms with Crippen LogP contribution in [-0.4, -0.2) is 61.0 Å². The quantitative estimate of drug-likeness (QED) is 0.750. The molecule has 2 saturated heterocycles. The van der Waals surface area contributed by atoms with Crippen molar-refractivity contribution < 1.29 is 4.79 Å². The van der Waals surface area contributed by atoms with Crippen LogP contribution in [0, 0.1) is 0 Å². The van der Waals surface area contributed by atoms with Gasteiger partial charge in [-0.15, -0.1) is 0 Å². The van der Waals surface area contributed by atoms with E-state index in [0.29, 0.717) is 11.9 Å². The van der Waals surface area contributed by atoms with Crippen molar-refractivity contribution in [3.05, 3.63) is 0 Å². The number of likely N-dealkylation sites (tertiary alicyclic amines) is 1. The van der Waals surface area contributed by atoms with E-state index in [-0.39, 0.29) is 6.04 Å². The van der Waals surface area contributed by atoms with E-state index in [2.05, 4.69) is 17.1 Å². The molecule has 2 rings (SSSR count). The van der Waals surface area contributed by atoms with Crippen LogP contribution in [0.5, 0.6) is 0 Å². The van der Waals surface area contributed by atoms with Crippen molar-refractivity contribution in [2.75, 3.05) is 33.2 Å². The largest absolute Gasteiger partial charge is 0.344 e. The fourth-order valence-electron chi connectivity index (χ4n) is 2.98. The van der Waals surface area contributed by atoms with Crippen molar-refractivity contribution >= 4 is 5.91 Å². The van der Waals surface area contributed by atoms with E-state index in [1.54, 1.807) is 0 Å². The minimum absolute atomic E-state index is 0.151. The molecule has 0 spiro atoms. The molecule has 0 bridgehead atoms. The number of amides is 1. The summed E-state index contributed by atoms with van der Waals surface area (Å²) < 4.78 is 0. The van der Waals surface area contributed by atoms with E-state index in [1.807, 2.05) is 11.9 Å². The Labute approximate surface area is 98.0 Å². The first kappa shape index (κ1) is 11.9. The average Bonchev–Trinajstić information content (AvgIpc) is 2.64. The van der Waals surface area contributed by atoms with Gasteiger partial charge in [-0.05, 0) is 38.9 Å². The maximum atomic E-state index is 12.0. The molecule has 2 aliphatic rings. The van der Waals surface area contributed by atoms with Crippen molar-refractivity contribution in [2.45, 2.75) is 38.3 Å². The highest BCUT2D eigenvalue weighted by Crippen LogP contribution is 2.21. The second kappa shape index (κ2) is 5.15. The number of carbonyl (C=O) groups excluding carboxylic acids is 1. The van der Waals surface area contributed by atoms with E-state index in [0.717, 1.165) is 32.6 Å². The minimum Gasteiger partial charge on any atom is -0.344 e. The Hall–Kier alpha value is -0.610. The highest BCUT2D eigenvalue weighted by atomic mass is 16.2. The van der Waals surface area contributed by atoms with Gasteiger partial charge in [-0.25, -0.2) is 0 Å². The molecule has 0 aromatic heterocycles. The van der Waals surface area contributed by atoms with Gasteiger partial charge in [-0.1, -0.05) is 6.92 Å². The van der Waals surface area contributed by atoms with Gasteiger partial charge in [0.05, 0.1) is 6.04 Å². The van der Waals surface area contributed by atoms with Gasteiger partial charge in [0, 0.05) is 19.6 Å². The summed E-state index contributed by atoms with van der Waals surface area (Å²) in [5, 5.41) is 3.38. The number of nitrogens with zero attached hydrogens (tertiary/aromatic N) is 2. The monoisotopic (exact) mass is 225 g/mol. The Bertz CT molecular complexity index is 251. The summed E-state index contributed by atoms with van der Waals surface area (Å²) in [5.74, 6) is 0.320. The molecule has 0 aromatic rings. The molecule has 4 nitrogen and oxygen atoms in total. The van der Waals surface area contributed by atoms with Crippen molar-refractivity contribution in [1.82, 2.24) is 15.1 Å². The molecule has 1 amide bonds. The van der Waals surface area contributed by atoms with Gasteiger partial charge >= 0.3 is 0 Å². The number of nitrogens with one attached hydrogen (secondary N) is 1. The first-order valence-corrected chi connectivity index (χ1v) is 6.45. The maximum Gasteiger partial charge on any atom is 0.239 e. The lowest BCUT2D eigenvalue weighted by Crippen LogP contribution is -2.50. The molecular weight excluding hydrogens is 202 g/mol. The molecular formula is C12H23N3O. The van der Waals surface area contributed by atoms with Gasteiger partial charge in [0.2, 0.25) is 5.91 Å². The Morgan fingerprint density at radius 1 is 1.38 bits per heavy atom. The summed E-state index contributed by atoms with van der Waals surface area (Å²) >= 11 is 0. The molecule has 1 atom stereocenters. The van der Waals surface area contributed by atoms with Crippen molar-refractivity contribution in [3.63, 3.8) is 0 Å². The van der Waals surface area contributed by atoms with Gasteiger partial charge < -0.3 is 10.2 Å². The third kappa shape index (κ3) is 2.23. The van der Waals surface area contributed by atoms with Crippen LogP contribution in [0.3, 0.4) is 0 Å². The molecule has 2 heterocycles. The predicted molar refractivity (Wildman–Crippen MR) is 64.3 cm³/mol. The van der Waals surface area contributed by atoms with Crippen LogP contribution in [-0.2, 0) is 4.79 Å². The van der Waals surface area contributed by atoms with Crippen molar-refractivity contribution in [1.29, 1.82) is 0 Å². The molecule has 0 aromatic carbocycles. The van der Waals surface area contributed by atoms with Crippen LogP contribution in [0.1, 0.15) is 26.2 Å². The lowest BCUT2D eigenvalue weighted by Gasteiger charge is -2.37. The molecule has 1 unspecified atom stereocenters. The molecule has 1 N–H and O–H groups in total. The van der Waals surface area contributed by atoms with E-state index in [4.69, 9.17) is 0 Å². The molecule has 0 saturated carbocycles. The van der Waals surface area contributed by atoms with Gasteiger partial charge in [-0.2, -0.15) is 0 Å². The average molecular weight is 225 g/mol. The topological polar surface area (TPSA) is 35.6 Å². The third-order valence-corrected chi connectivity index (χ3v) is 3.94. The zero-order valence-corrected chi connectivity index (χ0v) is 10.4. The van der Waals surface area contributed by atoms with Crippen LogP contribution < -0.4 is 5.32 Å². The SMILES string of the molecule is CCN(C1CCNCC1)C1CCN(C)C1=O. The minimum atomic E-state index is 0.151. The van der Waals surface area contributed by atoms with E-state index in [9.17, 15) is 4.79 Å². The summed E-state index contributed by atoms with van der Waals surface area (Å²) in [6.07, 6.45) is 3.37. The molecule has 92 valence electrons. The standard InChI is InChI=1S/C12H23N3O/c1-3-15(10-4-7-13-8-5-10)11-6-9-14(2)12(11)16/h10-11,13H,3-9H2,1-2H3. The van der Waals surface area contributed by atoms with Crippen LogP contribution in [0.15, 0.2) is 0 Å². The number of hydrogen-bond acceptors (Lipinski definition) is 3. The Morgan fingerprint density at radius 2 is 2.06 bits per heavy atom. The summed E-state index contributed by atoms with van der Waals surface area (Å²) in [5.41, 5.74) is 0. The summed E-state index contributed by atoms with van der Waals surface area (Å²) in [6, 6.07) is 0.754. The smallest absolute Gasteiger partial charge is 0.239 e. The van der Waals surface area contributed by atoms with Crippen LogP contribution in [0.4, 0.5) is 0 Å². The van der Waals surface area contributed by atoms with Crippen molar-refractivity contribution in [3.8, 4) is 0 Å². The van der Waals surface area contributed by atoms with E-state index in [1.165, 1.54) is 12.8 Å². The second-order valence-electron chi connectivity index (χ2n) is 4.88. The first-order valence-electron chi connectivity index (χ1n) is 6.45. The lowest BCUT2D eigenvalue weighted by molar-refractivity contribution is -0.132. The highest BCUT2D eigenvalue weighted by Gasteiger charge is 2.36. The van der Waals surface area contributed by atoms with Crippen LogP contribution in [0.2, 0.25) is 0 Å². The molecule has 0 radical (unpaired) electrons. The summed E-state index contributed by atoms with van der Waals surface area (Å²) in [6.45, 7) is 6.28. The fourth-order valence-corrected chi connectivity index (χ4v) is 2.98. The Morgan fingerprint density at radius 3 is 2.56 bits per heavy atom. The molecule has 4 heteroatoms. The predicted octanol–water partition coefficient (Wildman–Crippen LogP) is 0.291. The lowest BCUT2D eigenvalue weighted by atomic mass is 10.0. The summed E-state index contributed by atoms with van der Waals surface area (Å²) in [4.78, 5) is 16.3. The normalized spacial score (nSPS) is 28.1. The highest BCUT2D eigenvalue weighted by molar-refractivity contribution is 5.83. The molecule has 2 aliphatic heterocycles. The second-order valence-corrected chi connectivity index (χ2v) is 4.88. The van der Waals surface area contributed by atoms with Crippen LogP contribution >= 0.6 is 0 Å². The van der Waals surface area contributed by atoms with Gasteiger partial charge in [0.1, 0.15) is 0 Å². The molecule has 0 aliphatic carbocycles. The van der Waals surface area contributed by atoms with E-state index < -0.39 is 0 Å². The van der Waals surface area contributed by atoms with Gasteiger partial charge in [0.25, 0.3) is 0 Å². The number of likely N-dealkylation sites (N-methyl/N-ethyl adjacent to an activating group) is 2. The zero-order chi connectivity index (χ0) is 11.5. The Balaban J connectivity index is 2.01. The number of rotatable bonds is 3. The third-order valence-electron chi connectivity index (χ3n) is 3.94. The Kier molecular flexibility index (Phi) is 3.82. The zero-order valence-electron chi connectivity index (χ0n) is 10.4. The number of hydrogen-bond donors (Lipinski definition) is 1. The number of carbonyl (C=O) groups is 1. The number of piperidine rings is 1. The fraction of sp³-hybridized carbons (Fsp3) is 0.917. The molecule has 2 fully saturated rings. The first-order chi connectivity index (χ1) is 7.74. The van der Waals surface area contributed by atoms with Gasteiger partial charge in [0.15, 0.2) is 0 Å². The van der Waals surface area contributed by atoms with Crippen LogP contribution in [0.25, 0.3) is 0 Å². The maximum absolute atomic E-state index is 12.0. The van der Waals surface area contributed by atoms with E-state index >= 15 is 0 Å².